The van der Waals surface area contributed by atoms with Gasteiger partial charge >= 0.3 is 0 Å². The van der Waals surface area contributed by atoms with Gasteiger partial charge < -0.3 is 0 Å². The van der Waals surface area contributed by atoms with Crippen LogP contribution >= 0.6 is 31.9 Å². The highest BCUT2D eigenvalue weighted by Gasteiger charge is 2.29. The van der Waals surface area contributed by atoms with Crippen molar-refractivity contribution in [1.82, 2.24) is 0 Å². The van der Waals surface area contributed by atoms with E-state index in [1.807, 2.05) is 0 Å². The van der Waals surface area contributed by atoms with Crippen LogP contribution in [0.2, 0.25) is 0 Å². The molecule has 18 heavy (non-hydrogen) atoms. The molecule has 0 heterocycles. The number of benzene rings is 1. The third-order valence-corrected chi connectivity index (χ3v) is 5.29. The lowest BCUT2D eigenvalue weighted by Gasteiger charge is -2.32. The van der Waals surface area contributed by atoms with E-state index in [1.54, 1.807) is 0 Å². The standard InChI is InChI=1S/C14H18Br2F2/c1-10(2)6-14(8-15,9-16)7-11-3-12(17)5-13(18)4-11/h3-5,10H,6-9H2,1-2H3. The molecule has 0 N–H and O–H groups in total. The van der Waals surface area contributed by atoms with Crippen LogP contribution in [0, 0.1) is 23.0 Å². The molecule has 4 heteroatoms. The number of hydrogen-bond acceptors (Lipinski definition) is 0. The summed E-state index contributed by atoms with van der Waals surface area (Å²) in [5.41, 5.74) is 0.709. The molecule has 0 saturated carbocycles. The zero-order valence-corrected chi connectivity index (χ0v) is 13.8. The van der Waals surface area contributed by atoms with Crippen molar-refractivity contribution >= 4 is 31.9 Å². The molecule has 0 nitrogen and oxygen atoms in total. The Hall–Kier alpha value is 0.0400. The van der Waals surface area contributed by atoms with Crippen molar-refractivity contribution < 1.29 is 8.78 Å². The number of hydrogen-bond donors (Lipinski definition) is 0. The van der Waals surface area contributed by atoms with Crippen LogP contribution in [0.15, 0.2) is 18.2 Å². The van der Waals surface area contributed by atoms with E-state index >= 15 is 0 Å². The lowest BCUT2D eigenvalue weighted by atomic mass is 9.79. The summed E-state index contributed by atoms with van der Waals surface area (Å²) in [6.07, 6.45) is 1.66. The molecule has 0 unspecified atom stereocenters. The van der Waals surface area contributed by atoms with Gasteiger partial charge in [0.05, 0.1) is 0 Å². The molecule has 0 bridgehead atoms. The molecule has 0 fully saturated rings. The molecule has 1 aromatic carbocycles. The zero-order chi connectivity index (χ0) is 13.8. The molecule has 0 radical (unpaired) electrons. The Morgan fingerprint density at radius 2 is 1.56 bits per heavy atom. The van der Waals surface area contributed by atoms with Gasteiger partial charge in [0.25, 0.3) is 0 Å². The first-order valence-corrected chi connectivity index (χ1v) is 8.22. The fraction of sp³-hybridized carbons (Fsp3) is 0.571. The van der Waals surface area contributed by atoms with Crippen molar-refractivity contribution in [1.29, 1.82) is 0 Å². The highest BCUT2D eigenvalue weighted by molar-refractivity contribution is 9.09. The molecule has 102 valence electrons. The van der Waals surface area contributed by atoms with Crippen LogP contribution in [0.1, 0.15) is 25.8 Å². The van der Waals surface area contributed by atoms with Gasteiger partial charge in [-0.15, -0.1) is 0 Å². The molecule has 1 aromatic rings. The Morgan fingerprint density at radius 3 is 1.94 bits per heavy atom. The van der Waals surface area contributed by atoms with Crippen molar-refractivity contribution in [3.63, 3.8) is 0 Å². The van der Waals surface area contributed by atoms with E-state index in [2.05, 4.69) is 45.7 Å². The van der Waals surface area contributed by atoms with Crippen molar-refractivity contribution in [3.05, 3.63) is 35.4 Å². The molecule has 0 atom stereocenters. The van der Waals surface area contributed by atoms with E-state index in [0.717, 1.165) is 23.1 Å². The van der Waals surface area contributed by atoms with Gasteiger partial charge in [0.15, 0.2) is 0 Å². The fourth-order valence-electron chi connectivity index (χ4n) is 2.32. The van der Waals surface area contributed by atoms with Gasteiger partial charge in [-0.25, -0.2) is 8.78 Å². The maximum absolute atomic E-state index is 13.2. The topological polar surface area (TPSA) is 0 Å². The number of halogens is 4. The molecule has 0 aliphatic rings. The van der Waals surface area contributed by atoms with Crippen LogP contribution in [0.25, 0.3) is 0 Å². The van der Waals surface area contributed by atoms with E-state index in [4.69, 9.17) is 0 Å². The Morgan fingerprint density at radius 1 is 1.06 bits per heavy atom. The van der Waals surface area contributed by atoms with E-state index < -0.39 is 11.6 Å². The summed E-state index contributed by atoms with van der Waals surface area (Å²) in [6.45, 7) is 4.32. The minimum atomic E-state index is -0.507. The van der Waals surface area contributed by atoms with Gasteiger partial charge in [0, 0.05) is 16.7 Å². The quantitative estimate of drug-likeness (QED) is 0.582. The lowest BCUT2D eigenvalue weighted by molar-refractivity contribution is 0.303. The molecule has 0 amide bonds. The smallest absolute Gasteiger partial charge is 0.126 e. The molecule has 0 spiro atoms. The Kier molecular flexibility index (Phi) is 6.25. The normalized spacial score (nSPS) is 12.2. The third-order valence-electron chi connectivity index (χ3n) is 2.91. The molecule has 0 aliphatic heterocycles. The van der Waals surface area contributed by atoms with E-state index in [0.29, 0.717) is 17.9 Å². The maximum atomic E-state index is 13.2. The molecule has 1 rings (SSSR count). The van der Waals surface area contributed by atoms with Crippen molar-refractivity contribution in [3.8, 4) is 0 Å². The third kappa shape index (κ3) is 4.61. The molecule has 0 saturated heterocycles. The highest BCUT2D eigenvalue weighted by Crippen LogP contribution is 2.35. The Bertz CT molecular complexity index is 367. The SMILES string of the molecule is CC(C)CC(CBr)(CBr)Cc1cc(F)cc(F)c1. The predicted octanol–water partition coefficient (Wildman–Crippen LogP) is 5.33. The van der Waals surface area contributed by atoms with Crippen molar-refractivity contribution in [2.24, 2.45) is 11.3 Å². The average Bonchev–Trinajstić information content (AvgIpc) is 2.26. The minimum Gasteiger partial charge on any atom is -0.207 e. The fourth-order valence-corrected chi connectivity index (χ4v) is 4.11. The monoisotopic (exact) mass is 382 g/mol. The van der Waals surface area contributed by atoms with Crippen LogP contribution in [0.3, 0.4) is 0 Å². The predicted molar refractivity (Wildman–Crippen MR) is 79.5 cm³/mol. The van der Waals surface area contributed by atoms with E-state index in [-0.39, 0.29) is 5.41 Å². The first-order chi connectivity index (χ1) is 8.40. The molecule has 0 aliphatic carbocycles. The largest absolute Gasteiger partial charge is 0.207 e. The maximum Gasteiger partial charge on any atom is 0.126 e. The van der Waals surface area contributed by atoms with Gasteiger partial charge in [-0.2, -0.15) is 0 Å². The average molecular weight is 384 g/mol. The minimum absolute atomic E-state index is 0.00556. The second kappa shape index (κ2) is 6.99. The van der Waals surface area contributed by atoms with Crippen LogP contribution in [-0.2, 0) is 6.42 Å². The number of alkyl halides is 2. The van der Waals surface area contributed by atoms with E-state index in [1.165, 1.54) is 12.1 Å². The second-order valence-electron chi connectivity index (χ2n) is 5.32. The highest BCUT2D eigenvalue weighted by atomic mass is 79.9. The Balaban J connectivity index is 2.95. The summed E-state index contributed by atoms with van der Waals surface area (Å²) in [5, 5.41) is 1.61. The lowest BCUT2D eigenvalue weighted by Crippen LogP contribution is -2.29. The molecule has 0 aromatic heterocycles. The van der Waals surface area contributed by atoms with Crippen LogP contribution in [0.4, 0.5) is 8.78 Å². The summed E-state index contributed by atoms with van der Waals surface area (Å²) < 4.78 is 26.4. The summed E-state index contributed by atoms with van der Waals surface area (Å²) in [6, 6.07) is 3.75. The number of rotatable bonds is 6. The van der Waals surface area contributed by atoms with E-state index in [9.17, 15) is 8.78 Å². The summed E-state index contributed by atoms with van der Waals surface area (Å²) >= 11 is 7.08. The molecular formula is C14H18Br2F2. The van der Waals surface area contributed by atoms with Crippen LogP contribution in [0.5, 0.6) is 0 Å². The van der Waals surface area contributed by atoms with Gasteiger partial charge in [-0.3, -0.25) is 0 Å². The molecular weight excluding hydrogens is 366 g/mol. The van der Waals surface area contributed by atoms with Gasteiger partial charge in [0.2, 0.25) is 0 Å². The first-order valence-electron chi connectivity index (χ1n) is 5.98. The van der Waals surface area contributed by atoms with Crippen LogP contribution < -0.4 is 0 Å². The van der Waals surface area contributed by atoms with Gasteiger partial charge in [-0.1, -0.05) is 45.7 Å². The summed E-state index contributed by atoms with van der Waals surface area (Å²) in [7, 11) is 0. The van der Waals surface area contributed by atoms with Crippen molar-refractivity contribution in [2.75, 3.05) is 10.7 Å². The first kappa shape index (κ1) is 16.1. The van der Waals surface area contributed by atoms with Gasteiger partial charge in [0.1, 0.15) is 11.6 Å². The Labute approximate surface area is 124 Å². The zero-order valence-electron chi connectivity index (χ0n) is 10.6. The van der Waals surface area contributed by atoms with Gasteiger partial charge in [-0.05, 0) is 41.9 Å². The summed E-state index contributed by atoms with van der Waals surface area (Å²) in [4.78, 5) is 0. The van der Waals surface area contributed by atoms with Crippen LogP contribution in [-0.4, -0.2) is 10.7 Å². The second-order valence-corrected chi connectivity index (χ2v) is 6.44. The summed E-state index contributed by atoms with van der Waals surface area (Å²) in [5.74, 6) is -0.473. The van der Waals surface area contributed by atoms with Crippen molar-refractivity contribution in [2.45, 2.75) is 26.7 Å².